The van der Waals surface area contributed by atoms with Gasteiger partial charge in [0.1, 0.15) is 5.75 Å². The highest BCUT2D eigenvalue weighted by atomic mass is 32.2. The first-order chi connectivity index (χ1) is 12.9. The zero-order valence-electron chi connectivity index (χ0n) is 15.1. The van der Waals surface area contributed by atoms with Crippen molar-refractivity contribution in [2.24, 2.45) is 0 Å². The first-order valence-electron chi connectivity index (χ1n) is 8.18. The molecule has 0 aliphatic carbocycles. The number of sulfonamides is 1. The second-order valence-electron chi connectivity index (χ2n) is 5.72. The fourth-order valence-electron chi connectivity index (χ4n) is 2.47. The van der Waals surface area contributed by atoms with Crippen LogP contribution in [0.15, 0.2) is 47.4 Å². The van der Waals surface area contributed by atoms with Crippen LogP contribution in [-0.2, 0) is 10.0 Å². The number of benzene rings is 2. The van der Waals surface area contributed by atoms with E-state index in [2.05, 4.69) is 10.3 Å². The molecule has 0 bridgehead atoms. The van der Waals surface area contributed by atoms with Gasteiger partial charge >= 0.3 is 0 Å². The summed E-state index contributed by atoms with van der Waals surface area (Å²) < 4.78 is 32.1. The Hall–Kier alpha value is -2.49. The average molecular weight is 406 g/mol. The van der Waals surface area contributed by atoms with E-state index in [0.717, 1.165) is 0 Å². The molecule has 1 N–H and O–H groups in total. The van der Waals surface area contributed by atoms with Crippen LogP contribution in [-0.4, -0.2) is 44.3 Å². The highest BCUT2D eigenvalue weighted by Crippen LogP contribution is 2.30. The van der Waals surface area contributed by atoms with Gasteiger partial charge in [-0.05, 0) is 30.3 Å². The lowest BCUT2D eigenvalue weighted by atomic mass is 10.2. The summed E-state index contributed by atoms with van der Waals surface area (Å²) in [5, 5.41) is 3.13. The molecule has 7 nitrogen and oxygen atoms in total. The van der Waals surface area contributed by atoms with Gasteiger partial charge in [0, 0.05) is 13.6 Å². The maximum atomic E-state index is 12.5. The second kappa shape index (κ2) is 7.63. The van der Waals surface area contributed by atoms with Gasteiger partial charge in [-0.1, -0.05) is 30.4 Å². The van der Waals surface area contributed by atoms with E-state index in [9.17, 15) is 13.2 Å². The number of amides is 1. The number of hydrogen-bond donors (Lipinski definition) is 1. The van der Waals surface area contributed by atoms with Gasteiger partial charge in [0.25, 0.3) is 5.91 Å². The van der Waals surface area contributed by atoms with Crippen molar-refractivity contribution in [3.63, 3.8) is 0 Å². The van der Waals surface area contributed by atoms with E-state index in [1.807, 2.05) is 0 Å². The topological polar surface area (TPSA) is 88.6 Å². The van der Waals surface area contributed by atoms with Gasteiger partial charge in [0.2, 0.25) is 10.0 Å². The largest absolute Gasteiger partial charge is 0.496 e. The summed E-state index contributed by atoms with van der Waals surface area (Å²) in [6.45, 7) is 2.15. The molecule has 2 aromatic carbocycles. The van der Waals surface area contributed by atoms with Crippen molar-refractivity contribution in [2.45, 2.75) is 11.8 Å². The van der Waals surface area contributed by atoms with Crippen LogP contribution in [0.1, 0.15) is 17.3 Å². The van der Waals surface area contributed by atoms with Crippen molar-refractivity contribution in [3.8, 4) is 5.75 Å². The standard InChI is InChI=1S/C18H19N3O4S2/c1-4-21(2)27(23,24)12-9-10-14-16(11-12)26-18(19-14)20-17(22)13-7-5-6-8-15(13)25-3/h5-11H,4H2,1-3H3,(H,19,20,22). The van der Waals surface area contributed by atoms with Crippen LogP contribution in [0.3, 0.4) is 0 Å². The van der Waals surface area contributed by atoms with Crippen molar-refractivity contribution < 1.29 is 17.9 Å². The highest BCUT2D eigenvalue weighted by Gasteiger charge is 2.20. The molecule has 1 heterocycles. The molecule has 142 valence electrons. The number of hydrogen-bond acceptors (Lipinski definition) is 6. The molecule has 0 saturated heterocycles. The summed E-state index contributed by atoms with van der Waals surface area (Å²) in [7, 11) is -0.506. The minimum atomic E-state index is -3.54. The van der Waals surface area contributed by atoms with Crippen molar-refractivity contribution in [2.75, 3.05) is 26.0 Å². The molecule has 0 spiro atoms. The van der Waals surface area contributed by atoms with Crippen LogP contribution in [0.25, 0.3) is 10.2 Å². The molecule has 27 heavy (non-hydrogen) atoms. The van der Waals surface area contributed by atoms with Gasteiger partial charge in [-0.15, -0.1) is 0 Å². The molecule has 0 aliphatic rings. The van der Waals surface area contributed by atoms with Gasteiger partial charge in [-0.2, -0.15) is 0 Å². The molecule has 0 fully saturated rings. The van der Waals surface area contributed by atoms with Gasteiger partial charge in [-0.3, -0.25) is 10.1 Å². The number of carbonyl (C=O) groups is 1. The number of anilines is 1. The summed E-state index contributed by atoms with van der Waals surface area (Å²) in [4.78, 5) is 17.1. The normalized spacial score (nSPS) is 11.7. The van der Waals surface area contributed by atoms with Gasteiger partial charge in [0.15, 0.2) is 5.13 Å². The number of para-hydroxylation sites is 1. The third kappa shape index (κ3) is 3.80. The molecule has 0 aliphatic heterocycles. The zero-order chi connectivity index (χ0) is 19.6. The number of rotatable bonds is 6. The second-order valence-corrected chi connectivity index (χ2v) is 8.80. The Morgan fingerprint density at radius 1 is 1.26 bits per heavy atom. The van der Waals surface area contributed by atoms with E-state index < -0.39 is 10.0 Å². The number of thiazole rings is 1. The molecular weight excluding hydrogens is 386 g/mol. The Morgan fingerprint density at radius 2 is 2.00 bits per heavy atom. The molecule has 3 aromatic rings. The van der Waals surface area contributed by atoms with Crippen LogP contribution in [0.4, 0.5) is 5.13 Å². The highest BCUT2D eigenvalue weighted by molar-refractivity contribution is 7.89. The molecule has 0 radical (unpaired) electrons. The number of methoxy groups -OCH3 is 1. The molecular formula is C18H19N3O4S2. The van der Waals surface area contributed by atoms with Crippen molar-refractivity contribution in [1.29, 1.82) is 0 Å². The fourth-order valence-corrected chi connectivity index (χ4v) is 4.65. The van der Waals surface area contributed by atoms with E-state index in [4.69, 9.17) is 4.74 Å². The summed E-state index contributed by atoms with van der Waals surface area (Å²) in [5.41, 5.74) is 1.01. The third-order valence-corrected chi connectivity index (χ3v) is 6.95. The number of carbonyl (C=O) groups excluding carboxylic acids is 1. The molecule has 0 saturated carbocycles. The van der Waals surface area contributed by atoms with Crippen LogP contribution >= 0.6 is 11.3 Å². The number of nitrogens with one attached hydrogen (secondary N) is 1. The predicted octanol–water partition coefficient (Wildman–Crippen LogP) is 3.20. The molecule has 1 amide bonds. The van der Waals surface area contributed by atoms with Crippen molar-refractivity contribution in [3.05, 3.63) is 48.0 Å². The molecule has 9 heteroatoms. The first-order valence-corrected chi connectivity index (χ1v) is 10.4. The summed E-state index contributed by atoms with van der Waals surface area (Å²) in [6, 6.07) is 11.6. The zero-order valence-corrected chi connectivity index (χ0v) is 16.7. The van der Waals surface area contributed by atoms with E-state index in [1.165, 1.54) is 35.9 Å². The number of fused-ring (bicyclic) bond motifs is 1. The third-order valence-electron chi connectivity index (χ3n) is 4.09. The monoisotopic (exact) mass is 405 g/mol. The summed E-state index contributed by atoms with van der Waals surface area (Å²) in [5.74, 6) is 0.122. The molecule has 0 unspecified atom stereocenters. The van der Waals surface area contributed by atoms with Crippen LogP contribution < -0.4 is 10.1 Å². The maximum Gasteiger partial charge on any atom is 0.261 e. The first kappa shape index (κ1) is 19.3. The number of ether oxygens (including phenoxy) is 1. The minimum Gasteiger partial charge on any atom is -0.496 e. The van der Waals surface area contributed by atoms with Crippen LogP contribution in [0.5, 0.6) is 5.75 Å². The molecule has 1 aromatic heterocycles. The average Bonchev–Trinajstić information content (AvgIpc) is 3.08. The molecule has 3 rings (SSSR count). The lowest BCUT2D eigenvalue weighted by molar-refractivity contribution is 0.102. The van der Waals surface area contributed by atoms with Crippen LogP contribution in [0.2, 0.25) is 0 Å². The summed E-state index contributed by atoms with van der Waals surface area (Å²) in [6.07, 6.45) is 0. The predicted molar refractivity (Wildman–Crippen MR) is 106 cm³/mol. The lowest BCUT2D eigenvalue weighted by Crippen LogP contribution is -2.26. The van der Waals surface area contributed by atoms with E-state index >= 15 is 0 Å². The van der Waals surface area contributed by atoms with E-state index in [0.29, 0.717) is 33.2 Å². The number of aromatic nitrogens is 1. The van der Waals surface area contributed by atoms with E-state index in [-0.39, 0.29) is 10.8 Å². The fraction of sp³-hybridized carbons (Fsp3) is 0.222. The Balaban J connectivity index is 1.90. The lowest BCUT2D eigenvalue weighted by Gasteiger charge is -2.14. The Morgan fingerprint density at radius 3 is 2.70 bits per heavy atom. The smallest absolute Gasteiger partial charge is 0.261 e. The Bertz CT molecular complexity index is 1090. The summed E-state index contributed by atoms with van der Waals surface area (Å²) >= 11 is 1.22. The quantitative estimate of drug-likeness (QED) is 0.680. The minimum absolute atomic E-state index is 0.200. The van der Waals surface area contributed by atoms with Crippen LogP contribution in [0, 0.1) is 0 Å². The van der Waals surface area contributed by atoms with E-state index in [1.54, 1.807) is 43.3 Å². The molecule has 0 atom stereocenters. The Kier molecular flexibility index (Phi) is 5.45. The van der Waals surface area contributed by atoms with Gasteiger partial charge in [-0.25, -0.2) is 17.7 Å². The SMILES string of the molecule is CCN(C)S(=O)(=O)c1ccc2nc(NC(=O)c3ccccc3OC)sc2c1. The van der Waals surface area contributed by atoms with Crippen molar-refractivity contribution >= 4 is 42.6 Å². The number of nitrogens with zero attached hydrogens (tertiary/aromatic N) is 2. The maximum absolute atomic E-state index is 12.5. The van der Waals surface area contributed by atoms with Crippen molar-refractivity contribution in [1.82, 2.24) is 9.29 Å². The van der Waals surface area contributed by atoms with Gasteiger partial charge in [0.05, 0.1) is 27.8 Å². The Labute approximate surface area is 161 Å². The van der Waals surface area contributed by atoms with Gasteiger partial charge < -0.3 is 4.74 Å².